The van der Waals surface area contributed by atoms with E-state index in [-0.39, 0.29) is 19.0 Å². The number of aliphatic hydroxyl groups is 2. The molecule has 5 heteroatoms. The number of nitrogens with two attached hydrogens (primary N) is 1. The molecule has 0 heterocycles. The van der Waals surface area contributed by atoms with Gasteiger partial charge in [-0.25, -0.2) is 4.39 Å². The van der Waals surface area contributed by atoms with Gasteiger partial charge < -0.3 is 15.9 Å². The first-order chi connectivity index (χ1) is 9.67. The van der Waals surface area contributed by atoms with Crippen molar-refractivity contribution in [2.75, 3.05) is 0 Å². The van der Waals surface area contributed by atoms with Crippen molar-refractivity contribution < 1.29 is 14.6 Å². The van der Waals surface area contributed by atoms with Crippen LogP contribution in [0, 0.1) is 5.82 Å². The Kier molecular flexibility index (Phi) is 5.14. The van der Waals surface area contributed by atoms with Crippen LogP contribution in [-0.2, 0) is 19.8 Å². The van der Waals surface area contributed by atoms with Crippen LogP contribution < -0.4 is 5.73 Å². The van der Waals surface area contributed by atoms with Crippen molar-refractivity contribution in [2.24, 2.45) is 5.73 Å². The van der Waals surface area contributed by atoms with Gasteiger partial charge in [0.05, 0.1) is 13.2 Å². The first-order valence-electron chi connectivity index (χ1n) is 6.17. The maximum atomic E-state index is 13.2. The molecule has 0 bridgehead atoms. The summed E-state index contributed by atoms with van der Waals surface area (Å²) in [6.07, 6.45) is 0. The number of rotatable bonds is 5. The second-order valence-electron chi connectivity index (χ2n) is 4.32. The van der Waals surface area contributed by atoms with E-state index in [9.17, 15) is 14.6 Å². The molecule has 0 amide bonds. The summed E-state index contributed by atoms with van der Waals surface area (Å²) in [5.74, 6) is -0.378. The molecular formula is C15H16FNO2S. The smallest absolute Gasteiger partial charge is 0.123 e. The highest BCUT2D eigenvalue weighted by Gasteiger charge is 2.09. The molecule has 106 valence electrons. The molecule has 0 saturated heterocycles. The SMILES string of the molecule is NCc1ccc(CO)c(Sc2ccc(F)cc2CO)c1. The molecule has 0 radical (unpaired) electrons. The standard InChI is InChI=1S/C15H16FNO2S/c16-13-3-4-14(12(6-13)9-19)20-15-5-10(7-17)1-2-11(15)8-18/h1-6,18-19H,7-9,17H2. The lowest BCUT2D eigenvalue weighted by atomic mass is 10.1. The van der Waals surface area contributed by atoms with E-state index in [1.165, 1.54) is 23.9 Å². The molecule has 0 aromatic heterocycles. The Bertz CT molecular complexity index is 604. The number of benzene rings is 2. The lowest BCUT2D eigenvalue weighted by molar-refractivity contribution is 0.278. The molecule has 20 heavy (non-hydrogen) atoms. The zero-order valence-electron chi connectivity index (χ0n) is 10.8. The van der Waals surface area contributed by atoms with E-state index in [0.717, 1.165) is 20.9 Å². The van der Waals surface area contributed by atoms with Gasteiger partial charge in [0.15, 0.2) is 0 Å². The third-order valence-corrected chi connectivity index (χ3v) is 4.17. The fraction of sp³-hybridized carbons (Fsp3) is 0.200. The van der Waals surface area contributed by atoms with Gasteiger partial charge in [-0.15, -0.1) is 0 Å². The Hall–Kier alpha value is -1.40. The molecule has 0 saturated carbocycles. The van der Waals surface area contributed by atoms with Crippen LogP contribution >= 0.6 is 11.8 Å². The van der Waals surface area contributed by atoms with E-state index in [0.29, 0.717) is 12.1 Å². The van der Waals surface area contributed by atoms with Crippen LogP contribution in [0.1, 0.15) is 16.7 Å². The normalized spacial score (nSPS) is 10.8. The van der Waals surface area contributed by atoms with Crippen molar-refractivity contribution in [2.45, 2.75) is 29.5 Å². The molecule has 0 aliphatic heterocycles. The summed E-state index contributed by atoms with van der Waals surface area (Å²) < 4.78 is 13.2. The van der Waals surface area contributed by atoms with Gasteiger partial charge in [0.1, 0.15) is 5.82 Å². The lowest BCUT2D eigenvalue weighted by Crippen LogP contribution is -1.98. The Morgan fingerprint density at radius 1 is 0.950 bits per heavy atom. The summed E-state index contributed by atoms with van der Waals surface area (Å²) in [4.78, 5) is 1.62. The van der Waals surface area contributed by atoms with E-state index in [2.05, 4.69) is 0 Å². The zero-order valence-corrected chi connectivity index (χ0v) is 11.7. The number of hydrogen-bond donors (Lipinski definition) is 3. The fourth-order valence-corrected chi connectivity index (χ4v) is 2.94. The molecule has 2 rings (SSSR count). The van der Waals surface area contributed by atoms with Gasteiger partial charge in [0, 0.05) is 16.3 Å². The third-order valence-electron chi connectivity index (χ3n) is 2.95. The average Bonchev–Trinajstić information content (AvgIpc) is 2.48. The Labute approximate surface area is 121 Å². The Balaban J connectivity index is 2.38. The fourth-order valence-electron chi connectivity index (χ4n) is 1.84. The average molecular weight is 293 g/mol. The molecule has 0 fully saturated rings. The minimum atomic E-state index is -0.378. The molecule has 2 aromatic carbocycles. The molecule has 0 aliphatic carbocycles. The monoisotopic (exact) mass is 293 g/mol. The van der Waals surface area contributed by atoms with Crippen molar-refractivity contribution in [3.05, 3.63) is 58.9 Å². The van der Waals surface area contributed by atoms with E-state index >= 15 is 0 Å². The van der Waals surface area contributed by atoms with Gasteiger partial charge >= 0.3 is 0 Å². The van der Waals surface area contributed by atoms with Gasteiger partial charge in [-0.05, 0) is 41.0 Å². The van der Waals surface area contributed by atoms with Crippen LogP contribution in [0.5, 0.6) is 0 Å². The summed E-state index contributed by atoms with van der Waals surface area (Å²) in [5, 5.41) is 18.7. The molecule has 0 aliphatic rings. The molecule has 0 atom stereocenters. The summed E-state index contributed by atoms with van der Waals surface area (Å²) >= 11 is 1.39. The van der Waals surface area contributed by atoms with Gasteiger partial charge in [-0.1, -0.05) is 23.9 Å². The first-order valence-corrected chi connectivity index (χ1v) is 6.99. The van der Waals surface area contributed by atoms with Gasteiger partial charge in [-0.2, -0.15) is 0 Å². The summed E-state index contributed by atoms with van der Waals surface area (Å²) in [6, 6.07) is 9.89. The maximum Gasteiger partial charge on any atom is 0.123 e. The summed E-state index contributed by atoms with van der Waals surface area (Å²) in [5.41, 5.74) is 7.88. The number of hydrogen-bond acceptors (Lipinski definition) is 4. The molecular weight excluding hydrogens is 277 g/mol. The maximum absolute atomic E-state index is 13.2. The topological polar surface area (TPSA) is 66.5 Å². The van der Waals surface area contributed by atoms with Crippen LogP contribution in [0.4, 0.5) is 4.39 Å². The lowest BCUT2D eigenvalue weighted by Gasteiger charge is -2.11. The Morgan fingerprint density at radius 2 is 1.70 bits per heavy atom. The van der Waals surface area contributed by atoms with Crippen LogP contribution in [0.15, 0.2) is 46.2 Å². The molecule has 0 spiro atoms. The van der Waals surface area contributed by atoms with E-state index in [1.807, 2.05) is 18.2 Å². The minimum Gasteiger partial charge on any atom is -0.392 e. The summed E-state index contributed by atoms with van der Waals surface area (Å²) in [6.45, 7) is 0.101. The van der Waals surface area contributed by atoms with Crippen molar-refractivity contribution in [1.29, 1.82) is 0 Å². The predicted molar refractivity (Wildman–Crippen MR) is 76.7 cm³/mol. The van der Waals surface area contributed by atoms with Crippen LogP contribution in [0.3, 0.4) is 0 Å². The molecule has 2 aromatic rings. The number of aliphatic hydroxyl groups excluding tert-OH is 2. The zero-order chi connectivity index (χ0) is 14.5. The van der Waals surface area contributed by atoms with Crippen LogP contribution in [0.2, 0.25) is 0 Å². The van der Waals surface area contributed by atoms with Gasteiger partial charge in [-0.3, -0.25) is 0 Å². The van der Waals surface area contributed by atoms with Crippen LogP contribution in [0.25, 0.3) is 0 Å². The highest BCUT2D eigenvalue weighted by molar-refractivity contribution is 7.99. The minimum absolute atomic E-state index is 0.0805. The van der Waals surface area contributed by atoms with Gasteiger partial charge in [0.2, 0.25) is 0 Å². The second kappa shape index (κ2) is 6.85. The summed E-state index contributed by atoms with van der Waals surface area (Å²) in [7, 11) is 0. The molecule has 4 N–H and O–H groups in total. The van der Waals surface area contributed by atoms with Crippen molar-refractivity contribution in [1.82, 2.24) is 0 Å². The van der Waals surface area contributed by atoms with E-state index in [4.69, 9.17) is 5.73 Å². The molecule has 3 nitrogen and oxygen atoms in total. The van der Waals surface area contributed by atoms with Gasteiger partial charge in [0.25, 0.3) is 0 Å². The van der Waals surface area contributed by atoms with Crippen molar-refractivity contribution in [3.63, 3.8) is 0 Å². The van der Waals surface area contributed by atoms with E-state index < -0.39 is 0 Å². The van der Waals surface area contributed by atoms with E-state index in [1.54, 1.807) is 6.07 Å². The van der Waals surface area contributed by atoms with Crippen LogP contribution in [-0.4, -0.2) is 10.2 Å². The predicted octanol–water partition coefficient (Wildman–Crippen LogP) is 2.42. The quantitative estimate of drug-likeness (QED) is 0.792. The highest BCUT2D eigenvalue weighted by Crippen LogP contribution is 2.34. The van der Waals surface area contributed by atoms with Crippen molar-refractivity contribution >= 4 is 11.8 Å². The second-order valence-corrected chi connectivity index (χ2v) is 5.40. The highest BCUT2D eigenvalue weighted by atomic mass is 32.2. The molecule has 0 unspecified atom stereocenters. The third kappa shape index (κ3) is 3.37. The largest absolute Gasteiger partial charge is 0.392 e. The van der Waals surface area contributed by atoms with Crippen molar-refractivity contribution in [3.8, 4) is 0 Å². The first kappa shape index (κ1) is 15.0. The number of halogens is 1. The Morgan fingerprint density at radius 3 is 2.35 bits per heavy atom.